The lowest BCUT2D eigenvalue weighted by Gasteiger charge is -2.31. The van der Waals surface area contributed by atoms with Crippen molar-refractivity contribution in [3.8, 4) is 10.6 Å². The Morgan fingerprint density at radius 3 is 1.92 bits per heavy atom. The molecule has 0 fully saturated rings. The molecule has 1 heterocycles. The predicted molar refractivity (Wildman–Crippen MR) is 152 cm³/mol. The summed E-state index contributed by atoms with van der Waals surface area (Å²) in [6, 6.07) is 26.0. The molecule has 0 N–H and O–H groups in total. The summed E-state index contributed by atoms with van der Waals surface area (Å²) in [5, 5.41) is 2.73. The van der Waals surface area contributed by atoms with Gasteiger partial charge in [0.25, 0.3) is 6.47 Å². The molecule has 0 spiro atoms. The van der Waals surface area contributed by atoms with Gasteiger partial charge in [0.1, 0.15) is 5.75 Å². The number of benzene rings is 3. The van der Waals surface area contributed by atoms with Crippen LogP contribution in [0.5, 0.6) is 5.75 Å². The molecule has 0 radical (unpaired) electrons. The van der Waals surface area contributed by atoms with E-state index in [1.807, 2.05) is 33.8 Å². The molecule has 0 aliphatic rings. The van der Waals surface area contributed by atoms with E-state index in [0.717, 1.165) is 5.75 Å². The molecule has 0 saturated heterocycles. The minimum atomic E-state index is -0.473. The van der Waals surface area contributed by atoms with Crippen molar-refractivity contribution in [3.63, 3.8) is 0 Å². The van der Waals surface area contributed by atoms with Gasteiger partial charge in [0.2, 0.25) is 6.29 Å². The van der Waals surface area contributed by atoms with Gasteiger partial charge in [-0.15, -0.1) is 0 Å². The molecule has 192 valence electrons. The van der Waals surface area contributed by atoms with Gasteiger partial charge in [0, 0.05) is 32.7 Å². The third-order valence-electron chi connectivity index (χ3n) is 5.41. The van der Waals surface area contributed by atoms with Crippen molar-refractivity contribution in [2.24, 2.45) is 10.8 Å². The van der Waals surface area contributed by atoms with E-state index in [0.29, 0.717) is 19.7 Å². The monoisotopic (exact) mass is 507 g/mol. The van der Waals surface area contributed by atoms with E-state index in [1.165, 1.54) is 25.1 Å². The first-order valence-corrected chi connectivity index (χ1v) is 13.6. The fraction of sp³-hybridized carbons (Fsp3) is 0.387. The van der Waals surface area contributed by atoms with Crippen molar-refractivity contribution in [1.82, 2.24) is 0 Å². The molecule has 0 aliphatic heterocycles. The Morgan fingerprint density at radius 2 is 1.42 bits per heavy atom. The smallest absolute Gasteiger partial charge is 0.295 e. The molecule has 36 heavy (non-hydrogen) atoms. The Kier molecular flexibility index (Phi) is 9.15. The van der Waals surface area contributed by atoms with Crippen LogP contribution in [-0.4, -0.2) is 26.0 Å². The van der Waals surface area contributed by atoms with E-state index in [-0.39, 0.29) is 21.3 Å². The van der Waals surface area contributed by atoms with Crippen molar-refractivity contribution >= 4 is 37.1 Å². The van der Waals surface area contributed by atoms with Crippen LogP contribution in [0.2, 0.25) is 0 Å². The SMILES string of the molecule is CC(C)(C)COC(OC=O)C(C)(C)C.CCOc1cccc(-[s+]2c3ccccc3c3ccccc32)c1. The normalized spacial score (nSPS) is 12.6. The van der Waals surface area contributed by atoms with Gasteiger partial charge in [0.05, 0.1) is 13.2 Å². The minimum Gasteiger partial charge on any atom is -0.494 e. The van der Waals surface area contributed by atoms with Crippen LogP contribution in [-0.2, 0) is 14.3 Å². The quantitative estimate of drug-likeness (QED) is 0.142. The Morgan fingerprint density at radius 1 is 0.833 bits per heavy atom. The molecule has 1 aromatic heterocycles. The van der Waals surface area contributed by atoms with E-state index >= 15 is 0 Å². The molecule has 4 aromatic rings. The number of ether oxygens (including phenoxy) is 3. The molecule has 1 atom stereocenters. The Balaban J connectivity index is 0.000000226. The zero-order valence-corrected chi connectivity index (χ0v) is 23.4. The van der Waals surface area contributed by atoms with Crippen LogP contribution in [0.15, 0.2) is 72.8 Å². The van der Waals surface area contributed by atoms with E-state index in [1.54, 1.807) is 0 Å². The standard InChI is InChI=1S/C20H17OS.C11H22O3/c1-2-21-15-8-7-9-16(14-15)22-19-12-5-3-10-17(19)18-11-4-6-13-20(18)22;1-10(2,3)7-13-9(14-8-12)11(4,5)6/h3-14H,2H2,1H3;8-9H,7H2,1-6H3/q+1;. The van der Waals surface area contributed by atoms with Crippen molar-refractivity contribution < 1.29 is 19.0 Å². The lowest BCUT2D eigenvalue weighted by molar-refractivity contribution is -0.198. The van der Waals surface area contributed by atoms with Gasteiger partial charge in [-0.3, -0.25) is 4.79 Å². The number of carbonyl (C=O) groups is 1. The molecule has 3 aromatic carbocycles. The average molecular weight is 508 g/mol. The van der Waals surface area contributed by atoms with E-state index in [2.05, 4.69) is 87.5 Å². The molecule has 5 heteroatoms. The maximum atomic E-state index is 10.3. The molecular formula is C31H39O4S+. The van der Waals surface area contributed by atoms with E-state index in [9.17, 15) is 4.79 Å². The summed E-state index contributed by atoms with van der Waals surface area (Å²) >= 11 is 0. The topological polar surface area (TPSA) is 44.8 Å². The third-order valence-corrected chi connectivity index (χ3v) is 7.73. The highest BCUT2D eigenvalue weighted by molar-refractivity contribution is 7.50. The highest BCUT2D eigenvalue weighted by Crippen LogP contribution is 2.48. The van der Waals surface area contributed by atoms with Crippen LogP contribution < -0.4 is 4.74 Å². The summed E-state index contributed by atoms with van der Waals surface area (Å²) in [7, 11) is -0.0344. The lowest BCUT2D eigenvalue weighted by atomic mass is 9.95. The molecule has 4 nitrogen and oxygen atoms in total. The Bertz CT molecular complexity index is 1220. The van der Waals surface area contributed by atoms with E-state index in [4.69, 9.17) is 14.2 Å². The van der Waals surface area contributed by atoms with Crippen molar-refractivity contribution in [3.05, 3.63) is 72.8 Å². The second kappa shape index (κ2) is 11.9. The molecule has 4 rings (SSSR count). The fourth-order valence-corrected chi connectivity index (χ4v) is 6.25. The zero-order chi connectivity index (χ0) is 26.3. The first kappa shape index (κ1) is 27.7. The Labute approximate surface area is 218 Å². The van der Waals surface area contributed by atoms with Crippen LogP contribution in [0.4, 0.5) is 0 Å². The Hall–Kier alpha value is -2.89. The van der Waals surface area contributed by atoms with Crippen LogP contribution >= 0.6 is 10.5 Å². The maximum absolute atomic E-state index is 10.3. The van der Waals surface area contributed by atoms with Gasteiger partial charge in [-0.25, -0.2) is 0 Å². The summed E-state index contributed by atoms with van der Waals surface area (Å²) in [5.74, 6) is 0.953. The van der Waals surface area contributed by atoms with Gasteiger partial charge in [0.15, 0.2) is 14.3 Å². The molecule has 0 amide bonds. The summed E-state index contributed by atoms with van der Waals surface area (Å²) in [4.78, 5) is 11.6. The first-order valence-electron chi connectivity index (χ1n) is 12.4. The van der Waals surface area contributed by atoms with Crippen LogP contribution in [0.1, 0.15) is 48.5 Å². The van der Waals surface area contributed by atoms with Gasteiger partial charge < -0.3 is 14.2 Å². The summed E-state index contributed by atoms with van der Waals surface area (Å²) in [6.45, 7) is 15.9. The maximum Gasteiger partial charge on any atom is 0.295 e. The molecule has 0 bridgehead atoms. The van der Waals surface area contributed by atoms with Crippen molar-refractivity contribution in [2.75, 3.05) is 13.2 Å². The number of carbonyl (C=O) groups excluding carboxylic acids is 1. The number of fused-ring (bicyclic) bond motifs is 3. The predicted octanol–water partition coefficient (Wildman–Crippen LogP) is 8.72. The van der Waals surface area contributed by atoms with Gasteiger partial charge in [-0.2, -0.15) is 0 Å². The molecule has 0 aliphatic carbocycles. The van der Waals surface area contributed by atoms with Gasteiger partial charge in [-0.05, 0) is 48.7 Å². The van der Waals surface area contributed by atoms with Crippen molar-refractivity contribution in [2.45, 2.75) is 54.8 Å². The highest BCUT2D eigenvalue weighted by atomic mass is 32.2. The minimum absolute atomic E-state index is 0.0344. The second-order valence-electron chi connectivity index (χ2n) is 11.0. The van der Waals surface area contributed by atoms with Gasteiger partial charge >= 0.3 is 0 Å². The fourth-order valence-electron chi connectivity index (χ4n) is 3.83. The number of hydrogen-bond donors (Lipinski definition) is 0. The van der Waals surface area contributed by atoms with E-state index < -0.39 is 6.29 Å². The zero-order valence-electron chi connectivity index (χ0n) is 22.5. The molecule has 1 unspecified atom stereocenters. The van der Waals surface area contributed by atoms with Crippen molar-refractivity contribution in [1.29, 1.82) is 0 Å². The molecule has 0 saturated carbocycles. The summed E-state index contributed by atoms with van der Waals surface area (Å²) < 4.78 is 19.0. The summed E-state index contributed by atoms with van der Waals surface area (Å²) in [5.41, 5.74) is -0.109. The lowest BCUT2D eigenvalue weighted by Crippen LogP contribution is -2.34. The van der Waals surface area contributed by atoms with Gasteiger partial charge in [-0.1, -0.05) is 71.9 Å². The number of rotatable bonds is 7. The van der Waals surface area contributed by atoms with Crippen LogP contribution in [0, 0.1) is 10.8 Å². The number of thiophene rings is 1. The van der Waals surface area contributed by atoms with Crippen LogP contribution in [0.3, 0.4) is 0 Å². The largest absolute Gasteiger partial charge is 0.494 e. The third kappa shape index (κ3) is 7.08. The van der Waals surface area contributed by atoms with Crippen LogP contribution in [0.25, 0.3) is 25.1 Å². The average Bonchev–Trinajstić information content (AvgIpc) is 3.16. The second-order valence-corrected chi connectivity index (χ2v) is 13.0. The summed E-state index contributed by atoms with van der Waals surface area (Å²) in [6.07, 6.45) is -0.473. The first-order chi connectivity index (χ1) is 17.0. The molecular weight excluding hydrogens is 468 g/mol. The number of hydrogen-bond acceptors (Lipinski definition) is 4. The highest BCUT2D eigenvalue weighted by Gasteiger charge is 2.28.